The molecular formula is C10H19N. The summed E-state index contributed by atoms with van der Waals surface area (Å²) >= 11 is 0. The van der Waals surface area contributed by atoms with Crippen molar-refractivity contribution in [2.45, 2.75) is 38.6 Å². The zero-order valence-electron chi connectivity index (χ0n) is 7.47. The molecule has 0 aromatic carbocycles. The van der Waals surface area contributed by atoms with E-state index in [4.69, 9.17) is 0 Å². The minimum absolute atomic E-state index is 0.842. The smallest absolute Gasteiger partial charge is 0.00992 e. The molecule has 1 aliphatic rings. The highest BCUT2D eigenvalue weighted by Gasteiger charge is 2.34. The molecule has 1 N–H and O–H groups in total. The van der Waals surface area contributed by atoms with Crippen LogP contribution in [0.5, 0.6) is 0 Å². The molecule has 0 aromatic rings. The van der Waals surface area contributed by atoms with E-state index >= 15 is 0 Å². The SMILES string of the molecule is C=CCCC1CC1NCCC. The first kappa shape index (κ1) is 8.79. The largest absolute Gasteiger partial charge is 0.314 e. The number of hydrogen-bond acceptors (Lipinski definition) is 1. The lowest BCUT2D eigenvalue weighted by Gasteiger charge is -1.99. The van der Waals surface area contributed by atoms with Crippen LogP contribution in [0, 0.1) is 5.92 Å². The number of hydrogen-bond donors (Lipinski definition) is 1. The summed E-state index contributed by atoms with van der Waals surface area (Å²) in [6.07, 6.45) is 7.20. The zero-order valence-corrected chi connectivity index (χ0v) is 7.47. The molecule has 0 heterocycles. The van der Waals surface area contributed by atoms with Crippen LogP contribution in [0.2, 0.25) is 0 Å². The Balaban J connectivity index is 1.93. The molecule has 1 saturated carbocycles. The van der Waals surface area contributed by atoms with Gasteiger partial charge in [0.2, 0.25) is 0 Å². The first-order valence-electron chi connectivity index (χ1n) is 4.72. The van der Waals surface area contributed by atoms with Crippen LogP contribution < -0.4 is 5.32 Å². The molecule has 0 spiro atoms. The third-order valence-electron chi connectivity index (χ3n) is 2.32. The van der Waals surface area contributed by atoms with E-state index in [1.54, 1.807) is 0 Å². The summed E-state index contributed by atoms with van der Waals surface area (Å²) < 4.78 is 0. The van der Waals surface area contributed by atoms with Crippen LogP contribution >= 0.6 is 0 Å². The summed E-state index contributed by atoms with van der Waals surface area (Å²) in [6.45, 7) is 7.13. The van der Waals surface area contributed by atoms with E-state index < -0.39 is 0 Å². The van der Waals surface area contributed by atoms with Gasteiger partial charge in [-0.2, -0.15) is 0 Å². The van der Waals surface area contributed by atoms with Gasteiger partial charge in [-0.15, -0.1) is 6.58 Å². The van der Waals surface area contributed by atoms with Gasteiger partial charge in [0.1, 0.15) is 0 Å². The third kappa shape index (κ3) is 3.06. The topological polar surface area (TPSA) is 12.0 Å². The molecule has 64 valence electrons. The van der Waals surface area contributed by atoms with Gasteiger partial charge < -0.3 is 5.32 Å². The predicted octanol–water partition coefficient (Wildman–Crippen LogP) is 2.34. The van der Waals surface area contributed by atoms with Gasteiger partial charge >= 0.3 is 0 Å². The molecule has 0 amide bonds. The molecule has 0 aromatic heterocycles. The van der Waals surface area contributed by atoms with Gasteiger partial charge in [0.15, 0.2) is 0 Å². The van der Waals surface area contributed by atoms with Crippen molar-refractivity contribution in [2.75, 3.05) is 6.54 Å². The molecule has 0 bridgehead atoms. The summed E-state index contributed by atoms with van der Waals surface area (Å²) in [4.78, 5) is 0. The summed E-state index contributed by atoms with van der Waals surface area (Å²) in [7, 11) is 0. The van der Waals surface area contributed by atoms with E-state index in [0.717, 1.165) is 12.0 Å². The predicted molar refractivity (Wildman–Crippen MR) is 49.6 cm³/mol. The maximum atomic E-state index is 3.73. The summed E-state index contributed by atoms with van der Waals surface area (Å²) in [5.41, 5.74) is 0. The Morgan fingerprint density at radius 1 is 1.64 bits per heavy atom. The highest BCUT2D eigenvalue weighted by atomic mass is 15.0. The van der Waals surface area contributed by atoms with Crippen LogP contribution in [0.4, 0.5) is 0 Å². The van der Waals surface area contributed by atoms with Gasteiger partial charge in [-0.1, -0.05) is 13.0 Å². The Morgan fingerprint density at radius 3 is 3.09 bits per heavy atom. The number of rotatable bonds is 6. The monoisotopic (exact) mass is 153 g/mol. The average Bonchev–Trinajstić information content (AvgIpc) is 2.76. The third-order valence-corrected chi connectivity index (χ3v) is 2.32. The normalized spacial score (nSPS) is 28.5. The molecule has 0 aliphatic heterocycles. The second kappa shape index (κ2) is 4.55. The Morgan fingerprint density at radius 2 is 2.45 bits per heavy atom. The van der Waals surface area contributed by atoms with Gasteiger partial charge in [-0.3, -0.25) is 0 Å². The molecule has 1 aliphatic carbocycles. The molecule has 11 heavy (non-hydrogen) atoms. The van der Waals surface area contributed by atoms with Crippen LogP contribution in [0.3, 0.4) is 0 Å². The summed E-state index contributed by atoms with van der Waals surface area (Å²) in [6, 6.07) is 0.842. The molecule has 1 heteroatoms. The Kier molecular flexibility index (Phi) is 3.64. The van der Waals surface area contributed by atoms with Crippen LogP contribution in [0.15, 0.2) is 12.7 Å². The zero-order chi connectivity index (χ0) is 8.10. The summed E-state index contributed by atoms with van der Waals surface area (Å²) in [5, 5.41) is 3.53. The number of allylic oxidation sites excluding steroid dienone is 1. The first-order valence-corrected chi connectivity index (χ1v) is 4.72. The molecule has 0 saturated heterocycles. The molecule has 1 fully saturated rings. The van der Waals surface area contributed by atoms with Crippen molar-refractivity contribution in [2.24, 2.45) is 5.92 Å². The Hall–Kier alpha value is -0.300. The van der Waals surface area contributed by atoms with Gasteiger partial charge in [-0.05, 0) is 38.1 Å². The van der Waals surface area contributed by atoms with Crippen molar-refractivity contribution in [3.05, 3.63) is 12.7 Å². The van der Waals surface area contributed by atoms with Crippen LogP contribution in [0.25, 0.3) is 0 Å². The molecule has 2 unspecified atom stereocenters. The van der Waals surface area contributed by atoms with E-state index in [9.17, 15) is 0 Å². The number of nitrogens with one attached hydrogen (secondary N) is 1. The molecule has 1 nitrogen and oxygen atoms in total. The lowest BCUT2D eigenvalue weighted by molar-refractivity contribution is 0.604. The van der Waals surface area contributed by atoms with Crippen molar-refractivity contribution in [3.8, 4) is 0 Å². The lowest BCUT2D eigenvalue weighted by atomic mass is 10.2. The average molecular weight is 153 g/mol. The minimum Gasteiger partial charge on any atom is -0.314 e. The van der Waals surface area contributed by atoms with E-state index in [0.29, 0.717) is 0 Å². The maximum Gasteiger partial charge on any atom is 0.00992 e. The van der Waals surface area contributed by atoms with E-state index in [1.165, 1.54) is 32.2 Å². The first-order chi connectivity index (χ1) is 5.38. The summed E-state index contributed by atoms with van der Waals surface area (Å²) in [5.74, 6) is 0.958. The fraction of sp³-hybridized carbons (Fsp3) is 0.800. The molecular weight excluding hydrogens is 134 g/mol. The molecule has 1 rings (SSSR count). The Bertz CT molecular complexity index is 120. The molecule has 2 atom stereocenters. The highest BCUT2D eigenvalue weighted by molar-refractivity contribution is 4.93. The fourth-order valence-corrected chi connectivity index (χ4v) is 1.48. The van der Waals surface area contributed by atoms with Crippen molar-refractivity contribution in [3.63, 3.8) is 0 Å². The lowest BCUT2D eigenvalue weighted by Crippen LogP contribution is -2.18. The van der Waals surface area contributed by atoms with E-state index in [2.05, 4.69) is 18.8 Å². The van der Waals surface area contributed by atoms with Crippen LogP contribution in [0.1, 0.15) is 32.6 Å². The van der Waals surface area contributed by atoms with Gasteiger partial charge in [0, 0.05) is 6.04 Å². The van der Waals surface area contributed by atoms with Gasteiger partial charge in [-0.25, -0.2) is 0 Å². The maximum absolute atomic E-state index is 3.73. The Labute approximate surface area is 69.9 Å². The fourth-order valence-electron chi connectivity index (χ4n) is 1.48. The van der Waals surface area contributed by atoms with Gasteiger partial charge in [0.05, 0.1) is 0 Å². The second-order valence-corrected chi connectivity index (χ2v) is 3.42. The van der Waals surface area contributed by atoms with Crippen LogP contribution in [-0.2, 0) is 0 Å². The quantitative estimate of drug-likeness (QED) is 0.577. The highest BCUT2D eigenvalue weighted by Crippen LogP contribution is 2.34. The van der Waals surface area contributed by atoms with Crippen LogP contribution in [-0.4, -0.2) is 12.6 Å². The van der Waals surface area contributed by atoms with E-state index in [1.807, 2.05) is 6.08 Å². The standard InChI is InChI=1S/C10H19N/c1-3-5-6-9-8-10(9)11-7-4-2/h3,9-11H,1,4-8H2,2H3. The van der Waals surface area contributed by atoms with E-state index in [-0.39, 0.29) is 0 Å². The van der Waals surface area contributed by atoms with Crippen molar-refractivity contribution in [1.82, 2.24) is 5.32 Å². The van der Waals surface area contributed by atoms with Gasteiger partial charge in [0.25, 0.3) is 0 Å². The molecule has 0 radical (unpaired) electrons. The second-order valence-electron chi connectivity index (χ2n) is 3.42. The van der Waals surface area contributed by atoms with Crippen molar-refractivity contribution < 1.29 is 0 Å². The van der Waals surface area contributed by atoms with Crippen molar-refractivity contribution in [1.29, 1.82) is 0 Å². The minimum atomic E-state index is 0.842. The van der Waals surface area contributed by atoms with Crippen molar-refractivity contribution >= 4 is 0 Å².